The molecule has 1 heterocycles. The third-order valence-corrected chi connectivity index (χ3v) is 5.03. The molecule has 0 aromatic carbocycles. The van der Waals surface area contributed by atoms with Crippen LogP contribution < -0.4 is 5.32 Å². The number of aryl methyl sites for hydroxylation is 1. The van der Waals surface area contributed by atoms with Crippen LogP contribution in [0.5, 0.6) is 0 Å². The molecule has 4 nitrogen and oxygen atoms in total. The van der Waals surface area contributed by atoms with Crippen LogP contribution in [0.1, 0.15) is 45.2 Å². The SMILES string of the molecule is CCC1CCC(Nc2nc(CCC(=O)O)cs2)C1C. The molecule has 2 rings (SSSR count). The highest BCUT2D eigenvalue weighted by Crippen LogP contribution is 2.36. The average molecular weight is 282 g/mol. The van der Waals surface area contributed by atoms with Crippen molar-refractivity contribution in [2.45, 2.75) is 52.0 Å². The minimum atomic E-state index is -0.766. The first-order valence-electron chi connectivity index (χ1n) is 7.03. The molecule has 2 N–H and O–H groups in total. The van der Waals surface area contributed by atoms with Crippen LogP contribution >= 0.6 is 11.3 Å². The summed E-state index contributed by atoms with van der Waals surface area (Å²) in [4.78, 5) is 15.0. The Balaban J connectivity index is 1.88. The lowest BCUT2D eigenvalue weighted by Gasteiger charge is -2.20. The van der Waals surface area contributed by atoms with Crippen molar-refractivity contribution in [1.82, 2.24) is 4.98 Å². The topological polar surface area (TPSA) is 62.2 Å². The van der Waals surface area contributed by atoms with Gasteiger partial charge in [0.25, 0.3) is 0 Å². The number of nitrogens with one attached hydrogen (secondary N) is 1. The van der Waals surface area contributed by atoms with E-state index in [0.29, 0.717) is 18.4 Å². The normalized spacial score (nSPS) is 26.5. The van der Waals surface area contributed by atoms with E-state index in [1.54, 1.807) is 11.3 Å². The number of hydrogen-bond acceptors (Lipinski definition) is 4. The minimum absolute atomic E-state index is 0.154. The number of carboxylic acids is 1. The van der Waals surface area contributed by atoms with Crippen molar-refractivity contribution in [3.63, 3.8) is 0 Å². The van der Waals surface area contributed by atoms with Gasteiger partial charge in [0.1, 0.15) is 0 Å². The quantitative estimate of drug-likeness (QED) is 0.839. The van der Waals surface area contributed by atoms with Gasteiger partial charge in [-0.2, -0.15) is 0 Å². The zero-order valence-electron chi connectivity index (χ0n) is 11.6. The second-order valence-corrected chi connectivity index (χ2v) is 6.25. The molecule has 1 aliphatic rings. The molecule has 106 valence electrons. The summed E-state index contributed by atoms with van der Waals surface area (Å²) in [5.74, 6) is 0.748. The van der Waals surface area contributed by atoms with E-state index in [1.807, 2.05) is 5.38 Å². The van der Waals surface area contributed by atoms with E-state index in [0.717, 1.165) is 16.7 Å². The lowest BCUT2D eigenvalue weighted by molar-refractivity contribution is -0.136. The summed E-state index contributed by atoms with van der Waals surface area (Å²) >= 11 is 1.58. The highest BCUT2D eigenvalue weighted by atomic mass is 32.1. The molecule has 3 atom stereocenters. The molecule has 1 aromatic rings. The van der Waals surface area contributed by atoms with Crippen LogP contribution in [0.2, 0.25) is 0 Å². The summed E-state index contributed by atoms with van der Waals surface area (Å²) in [7, 11) is 0. The van der Waals surface area contributed by atoms with Crippen molar-refractivity contribution in [3.8, 4) is 0 Å². The van der Waals surface area contributed by atoms with Crippen molar-refractivity contribution in [1.29, 1.82) is 0 Å². The van der Waals surface area contributed by atoms with Crippen LogP contribution in [-0.4, -0.2) is 22.1 Å². The van der Waals surface area contributed by atoms with Crippen molar-refractivity contribution < 1.29 is 9.90 Å². The standard InChI is InChI=1S/C14H22N2O2S/c1-3-10-4-6-12(9(10)2)16-14-15-11(8-19-14)5-7-13(17)18/h8-10,12H,3-7H2,1-2H3,(H,15,16)(H,17,18). The van der Waals surface area contributed by atoms with Crippen molar-refractivity contribution in [3.05, 3.63) is 11.1 Å². The number of carboxylic acid groups (broad SMARTS) is 1. The number of anilines is 1. The Morgan fingerprint density at radius 3 is 3.00 bits per heavy atom. The first-order valence-corrected chi connectivity index (χ1v) is 7.90. The highest BCUT2D eigenvalue weighted by Gasteiger charge is 2.31. The molecule has 1 aromatic heterocycles. The summed E-state index contributed by atoms with van der Waals surface area (Å²) in [5.41, 5.74) is 0.882. The molecule has 0 saturated heterocycles. The Kier molecular flexibility index (Phi) is 4.80. The van der Waals surface area contributed by atoms with Gasteiger partial charge in [-0.25, -0.2) is 4.98 Å². The molecule has 1 saturated carbocycles. The predicted octanol–water partition coefficient (Wildman–Crippen LogP) is 3.40. The average Bonchev–Trinajstić information content (AvgIpc) is 2.96. The van der Waals surface area contributed by atoms with E-state index >= 15 is 0 Å². The summed E-state index contributed by atoms with van der Waals surface area (Å²) in [5, 5.41) is 15.1. The summed E-state index contributed by atoms with van der Waals surface area (Å²) < 4.78 is 0. The molecule has 0 bridgehead atoms. The third kappa shape index (κ3) is 3.69. The van der Waals surface area contributed by atoms with E-state index < -0.39 is 5.97 Å². The fraction of sp³-hybridized carbons (Fsp3) is 0.714. The number of thiazole rings is 1. The summed E-state index contributed by atoms with van der Waals surface area (Å²) in [6, 6.07) is 0.517. The maximum Gasteiger partial charge on any atom is 0.303 e. The van der Waals surface area contributed by atoms with Crippen LogP contribution in [0.15, 0.2) is 5.38 Å². The number of aromatic nitrogens is 1. The van der Waals surface area contributed by atoms with E-state index in [2.05, 4.69) is 24.1 Å². The Morgan fingerprint density at radius 1 is 1.58 bits per heavy atom. The zero-order chi connectivity index (χ0) is 13.8. The van der Waals surface area contributed by atoms with E-state index in [1.165, 1.54) is 19.3 Å². The number of rotatable bonds is 6. The Bertz CT molecular complexity index is 433. The van der Waals surface area contributed by atoms with Crippen LogP contribution in [0.25, 0.3) is 0 Å². The Hall–Kier alpha value is -1.10. The van der Waals surface area contributed by atoms with Gasteiger partial charge in [0.05, 0.1) is 12.1 Å². The number of aliphatic carboxylic acids is 1. The van der Waals surface area contributed by atoms with Gasteiger partial charge in [-0.1, -0.05) is 20.3 Å². The zero-order valence-corrected chi connectivity index (χ0v) is 12.4. The molecule has 0 spiro atoms. The lowest BCUT2D eigenvalue weighted by atomic mass is 9.94. The van der Waals surface area contributed by atoms with Crippen LogP contribution in [-0.2, 0) is 11.2 Å². The van der Waals surface area contributed by atoms with E-state index in [9.17, 15) is 4.79 Å². The van der Waals surface area contributed by atoms with Gasteiger partial charge in [-0.15, -0.1) is 11.3 Å². The lowest BCUT2D eigenvalue weighted by Crippen LogP contribution is -2.24. The molecule has 1 fully saturated rings. The van der Waals surface area contributed by atoms with E-state index in [-0.39, 0.29) is 6.42 Å². The summed E-state index contributed by atoms with van der Waals surface area (Å²) in [6.07, 6.45) is 4.43. The second-order valence-electron chi connectivity index (χ2n) is 5.39. The fourth-order valence-electron chi connectivity index (χ4n) is 2.91. The molecule has 0 amide bonds. The number of hydrogen-bond donors (Lipinski definition) is 2. The maximum absolute atomic E-state index is 10.5. The smallest absolute Gasteiger partial charge is 0.303 e. The van der Waals surface area contributed by atoms with Gasteiger partial charge in [0.2, 0.25) is 0 Å². The molecular formula is C14H22N2O2S. The first-order chi connectivity index (χ1) is 9.10. The fourth-order valence-corrected chi connectivity index (χ4v) is 3.72. The first kappa shape index (κ1) is 14.3. The van der Waals surface area contributed by atoms with Gasteiger partial charge in [-0.05, 0) is 24.7 Å². The van der Waals surface area contributed by atoms with Gasteiger partial charge >= 0.3 is 5.97 Å². The van der Waals surface area contributed by atoms with Crippen molar-refractivity contribution in [2.24, 2.45) is 11.8 Å². The molecule has 5 heteroatoms. The molecule has 19 heavy (non-hydrogen) atoms. The third-order valence-electron chi connectivity index (χ3n) is 4.21. The largest absolute Gasteiger partial charge is 0.481 e. The summed E-state index contributed by atoms with van der Waals surface area (Å²) in [6.45, 7) is 4.58. The molecule has 3 unspecified atom stereocenters. The van der Waals surface area contributed by atoms with Crippen LogP contribution in [0, 0.1) is 11.8 Å². The van der Waals surface area contributed by atoms with Gasteiger partial charge in [0, 0.05) is 17.8 Å². The molecule has 0 aliphatic heterocycles. The second kappa shape index (κ2) is 6.37. The molecule has 1 aliphatic carbocycles. The molecule has 0 radical (unpaired) electrons. The monoisotopic (exact) mass is 282 g/mol. The predicted molar refractivity (Wildman–Crippen MR) is 77.7 cm³/mol. The van der Waals surface area contributed by atoms with Crippen molar-refractivity contribution >= 4 is 22.4 Å². The Labute approximate surface area is 118 Å². The van der Waals surface area contributed by atoms with Gasteiger partial charge < -0.3 is 10.4 Å². The number of carbonyl (C=O) groups is 1. The Morgan fingerprint density at radius 2 is 2.37 bits per heavy atom. The van der Waals surface area contributed by atoms with Crippen molar-refractivity contribution in [2.75, 3.05) is 5.32 Å². The molecular weight excluding hydrogens is 260 g/mol. The number of nitrogens with zero attached hydrogens (tertiary/aromatic N) is 1. The maximum atomic E-state index is 10.5. The van der Waals surface area contributed by atoms with Crippen LogP contribution in [0.4, 0.5) is 5.13 Å². The minimum Gasteiger partial charge on any atom is -0.481 e. The van der Waals surface area contributed by atoms with Crippen LogP contribution in [0.3, 0.4) is 0 Å². The highest BCUT2D eigenvalue weighted by molar-refractivity contribution is 7.13. The van der Waals surface area contributed by atoms with Gasteiger partial charge in [0.15, 0.2) is 5.13 Å². The van der Waals surface area contributed by atoms with Gasteiger partial charge in [-0.3, -0.25) is 4.79 Å². The van der Waals surface area contributed by atoms with E-state index in [4.69, 9.17) is 5.11 Å².